The van der Waals surface area contributed by atoms with Crippen LogP contribution in [-0.2, 0) is 5.88 Å². The number of hydrogen-bond acceptors (Lipinski definition) is 0. The van der Waals surface area contributed by atoms with Gasteiger partial charge in [0.1, 0.15) is 0 Å². The largest absolute Gasteiger partial charge is 0.122 e. The molecule has 0 bridgehead atoms. The van der Waals surface area contributed by atoms with Gasteiger partial charge in [0.25, 0.3) is 0 Å². The van der Waals surface area contributed by atoms with E-state index in [9.17, 15) is 0 Å². The van der Waals surface area contributed by atoms with Crippen LogP contribution in [0, 0.1) is 0 Å². The van der Waals surface area contributed by atoms with E-state index >= 15 is 0 Å². The molecule has 0 radical (unpaired) electrons. The van der Waals surface area contributed by atoms with Gasteiger partial charge in [0.15, 0.2) is 0 Å². The van der Waals surface area contributed by atoms with Crippen LogP contribution in [0.5, 0.6) is 0 Å². The molecule has 0 spiro atoms. The molecule has 0 amide bonds. The summed E-state index contributed by atoms with van der Waals surface area (Å²) in [7, 11) is 0. The first kappa shape index (κ1) is 14.3. The van der Waals surface area contributed by atoms with Crippen molar-refractivity contribution in [3.05, 3.63) is 56.0 Å². The Balaban J connectivity index is 2.68. The van der Waals surface area contributed by atoms with Gasteiger partial charge in [0.05, 0.1) is 10.0 Å². The Morgan fingerprint density at radius 1 is 0.778 bits per heavy atom. The molecule has 0 heterocycles. The highest BCUT2D eigenvalue weighted by Crippen LogP contribution is 2.40. The Morgan fingerprint density at radius 3 is 1.94 bits per heavy atom. The third-order valence-corrected chi connectivity index (χ3v) is 3.91. The molecule has 0 saturated carbocycles. The van der Waals surface area contributed by atoms with Gasteiger partial charge in [-0.25, -0.2) is 0 Å². The van der Waals surface area contributed by atoms with Crippen molar-refractivity contribution in [2.24, 2.45) is 0 Å². The van der Waals surface area contributed by atoms with Crippen LogP contribution in [0.2, 0.25) is 20.1 Å². The van der Waals surface area contributed by atoms with Crippen LogP contribution in [0.25, 0.3) is 11.1 Å². The van der Waals surface area contributed by atoms with Crippen molar-refractivity contribution in [2.45, 2.75) is 5.88 Å². The number of halogens is 5. The van der Waals surface area contributed by atoms with Gasteiger partial charge in [0.2, 0.25) is 0 Å². The maximum atomic E-state index is 6.18. The van der Waals surface area contributed by atoms with Crippen LogP contribution in [0.15, 0.2) is 30.3 Å². The molecule has 0 atom stereocenters. The molecule has 2 aromatic carbocycles. The van der Waals surface area contributed by atoms with Crippen molar-refractivity contribution in [3.8, 4) is 11.1 Å². The first-order valence-electron chi connectivity index (χ1n) is 5.02. The zero-order chi connectivity index (χ0) is 13.3. The van der Waals surface area contributed by atoms with E-state index in [1.54, 1.807) is 18.2 Å². The fourth-order valence-corrected chi connectivity index (χ4v) is 3.05. The Kier molecular flexibility index (Phi) is 4.69. The molecule has 2 aromatic rings. The molecular formula is C13H7Cl5. The maximum Gasteiger partial charge on any atom is 0.0514 e. The van der Waals surface area contributed by atoms with E-state index in [0.29, 0.717) is 31.5 Å². The summed E-state index contributed by atoms with van der Waals surface area (Å²) >= 11 is 30.2. The minimum absolute atomic E-state index is 0.396. The van der Waals surface area contributed by atoms with Crippen molar-refractivity contribution in [3.63, 3.8) is 0 Å². The Labute approximate surface area is 130 Å². The van der Waals surface area contributed by atoms with Crippen molar-refractivity contribution in [2.75, 3.05) is 0 Å². The highest BCUT2D eigenvalue weighted by atomic mass is 35.5. The Bertz CT molecular complexity index is 569. The number of benzene rings is 2. The molecule has 0 aromatic heterocycles. The van der Waals surface area contributed by atoms with E-state index in [-0.39, 0.29) is 0 Å². The lowest BCUT2D eigenvalue weighted by atomic mass is 10.0. The summed E-state index contributed by atoms with van der Waals surface area (Å²) in [6, 6.07) is 8.77. The van der Waals surface area contributed by atoms with E-state index < -0.39 is 0 Å². The normalized spacial score (nSPS) is 10.7. The fourth-order valence-electron chi connectivity index (χ4n) is 1.65. The van der Waals surface area contributed by atoms with Gasteiger partial charge in [-0.2, -0.15) is 0 Å². The van der Waals surface area contributed by atoms with Gasteiger partial charge >= 0.3 is 0 Å². The first-order chi connectivity index (χ1) is 8.52. The molecule has 0 fully saturated rings. The predicted octanol–water partition coefficient (Wildman–Crippen LogP) is 6.71. The smallest absolute Gasteiger partial charge is 0.0514 e. The minimum atomic E-state index is 0.396. The van der Waals surface area contributed by atoms with Crippen molar-refractivity contribution in [1.82, 2.24) is 0 Å². The average Bonchev–Trinajstić information content (AvgIpc) is 2.30. The van der Waals surface area contributed by atoms with Crippen molar-refractivity contribution < 1.29 is 0 Å². The van der Waals surface area contributed by atoms with E-state index in [2.05, 4.69) is 0 Å². The summed E-state index contributed by atoms with van der Waals surface area (Å²) in [5.74, 6) is 0.396. The van der Waals surface area contributed by atoms with Gasteiger partial charge in [-0.1, -0.05) is 52.5 Å². The van der Waals surface area contributed by atoms with E-state index in [0.717, 1.165) is 11.1 Å². The molecule has 0 saturated heterocycles. The van der Waals surface area contributed by atoms with Crippen LogP contribution < -0.4 is 0 Å². The Morgan fingerprint density at radius 2 is 1.39 bits per heavy atom. The lowest BCUT2D eigenvalue weighted by Crippen LogP contribution is -1.87. The summed E-state index contributed by atoms with van der Waals surface area (Å²) in [5, 5.41) is 1.97. The number of rotatable bonds is 2. The molecule has 0 unspecified atom stereocenters. The standard InChI is InChI=1S/C13H7Cl5/c14-6-7-1-2-10(16)9(3-7)13-11(17)4-8(15)5-12(13)18/h1-5H,6H2. The fraction of sp³-hybridized carbons (Fsp3) is 0.0769. The third kappa shape index (κ3) is 2.89. The van der Waals surface area contributed by atoms with E-state index in [1.165, 1.54) is 0 Å². The molecule has 0 aliphatic heterocycles. The molecule has 5 heteroatoms. The second-order valence-electron chi connectivity index (χ2n) is 3.69. The topological polar surface area (TPSA) is 0 Å². The van der Waals surface area contributed by atoms with Crippen LogP contribution in [0.4, 0.5) is 0 Å². The van der Waals surface area contributed by atoms with Gasteiger partial charge in [-0.05, 0) is 29.8 Å². The van der Waals surface area contributed by atoms with Gasteiger partial charge in [-0.15, -0.1) is 11.6 Å². The lowest BCUT2D eigenvalue weighted by molar-refractivity contribution is 1.40. The highest BCUT2D eigenvalue weighted by molar-refractivity contribution is 6.43. The second kappa shape index (κ2) is 5.90. The number of alkyl halides is 1. The summed E-state index contributed by atoms with van der Waals surface area (Å²) in [6.45, 7) is 0. The zero-order valence-corrected chi connectivity index (χ0v) is 12.8. The van der Waals surface area contributed by atoms with Crippen molar-refractivity contribution >= 4 is 58.0 Å². The molecule has 2 rings (SSSR count). The quantitative estimate of drug-likeness (QED) is 0.533. The lowest BCUT2D eigenvalue weighted by Gasteiger charge is -2.11. The van der Waals surface area contributed by atoms with Crippen LogP contribution in [0.3, 0.4) is 0 Å². The third-order valence-electron chi connectivity index (χ3n) is 2.46. The summed E-state index contributed by atoms with van der Waals surface area (Å²) in [5.41, 5.74) is 2.36. The van der Waals surface area contributed by atoms with Crippen LogP contribution in [0.1, 0.15) is 5.56 Å². The van der Waals surface area contributed by atoms with E-state index in [4.69, 9.17) is 58.0 Å². The summed E-state index contributed by atoms with van der Waals surface area (Å²) in [4.78, 5) is 0. The van der Waals surface area contributed by atoms with Gasteiger partial charge in [-0.3, -0.25) is 0 Å². The van der Waals surface area contributed by atoms with Crippen LogP contribution >= 0.6 is 58.0 Å². The van der Waals surface area contributed by atoms with Gasteiger partial charge < -0.3 is 0 Å². The average molecular weight is 340 g/mol. The van der Waals surface area contributed by atoms with E-state index in [1.807, 2.05) is 12.1 Å². The molecule has 18 heavy (non-hydrogen) atoms. The van der Waals surface area contributed by atoms with Crippen LogP contribution in [-0.4, -0.2) is 0 Å². The molecule has 0 N–H and O–H groups in total. The number of hydrogen-bond donors (Lipinski definition) is 0. The monoisotopic (exact) mass is 338 g/mol. The SMILES string of the molecule is ClCc1ccc(Cl)c(-c2c(Cl)cc(Cl)cc2Cl)c1. The predicted molar refractivity (Wildman–Crippen MR) is 81.5 cm³/mol. The van der Waals surface area contributed by atoms with Gasteiger partial charge in [0, 0.05) is 27.1 Å². The second-order valence-corrected chi connectivity index (χ2v) is 5.62. The Hall–Kier alpha value is -0.110. The first-order valence-corrected chi connectivity index (χ1v) is 7.07. The highest BCUT2D eigenvalue weighted by Gasteiger charge is 2.13. The molecule has 94 valence electrons. The zero-order valence-electron chi connectivity index (χ0n) is 8.98. The molecule has 0 nitrogen and oxygen atoms in total. The molecule has 0 aliphatic rings. The minimum Gasteiger partial charge on any atom is -0.122 e. The van der Waals surface area contributed by atoms with Crippen molar-refractivity contribution in [1.29, 1.82) is 0 Å². The molecule has 0 aliphatic carbocycles. The summed E-state index contributed by atoms with van der Waals surface area (Å²) in [6.07, 6.45) is 0. The summed E-state index contributed by atoms with van der Waals surface area (Å²) < 4.78 is 0. The maximum absolute atomic E-state index is 6.18. The molecular weight excluding hydrogens is 333 g/mol.